The molecule has 2 aliphatic carbocycles. The number of carbonyl (C=O) groups is 1. The predicted octanol–water partition coefficient (Wildman–Crippen LogP) is -0.180. The van der Waals surface area contributed by atoms with Crippen LogP contribution in [0.5, 0.6) is 0 Å². The highest BCUT2D eigenvalue weighted by atomic mass is 35.5. The van der Waals surface area contributed by atoms with Gasteiger partial charge in [-0.2, -0.15) is 9.97 Å². The molecule has 0 spiro atoms. The lowest BCUT2D eigenvalue weighted by atomic mass is 9.98. The molecule has 1 amide bonds. The van der Waals surface area contributed by atoms with Gasteiger partial charge in [-0.3, -0.25) is 9.18 Å². The van der Waals surface area contributed by atoms with E-state index >= 15 is 0 Å². The molecule has 11 heteroatoms. The van der Waals surface area contributed by atoms with Gasteiger partial charge >= 0.3 is 0 Å². The number of aromatic nitrogens is 4. The van der Waals surface area contributed by atoms with Gasteiger partial charge in [0.15, 0.2) is 11.5 Å². The number of rotatable bonds is 5. The van der Waals surface area contributed by atoms with Crippen LogP contribution in [0, 0.1) is 11.3 Å². The van der Waals surface area contributed by atoms with Gasteiger partial charge in [0.05, 0.1) is 30.6 Å². The van der Waals surface area contributed by atoms with E-state index < -0.39 is 30.3 Å². The average Bonchev–Trinajstić information content (AvgIpc) is 3.13. The number of alkyl halides is 1. The van der Waals surface area contributed by atoms with Crippen molar-refractivity contribution in [3.8, 4) is 0 Å². The number of aliphatic hydroxyl groups is 2. The number of nitrogens with zero attached hydrogens (tertiary/aromatic N) is 4. The highest BCUT2D eigenvalue weighted by molar-refractivity contribution is 6.28. The topological polar surface area (TPSA) is 139 Å². The number of hydrogen-bond donors (Lipinski definition) is 4. The van der Waals surface area contributed by atoms with Crippen molar-refractivity contribution in [2.75, 3.05) is 19.0 Å². The van der Waals surface area contributed by atoms with Gasteiger partial charge in [-0.05, 0) is 24.4 Å². The van der Waals surface area contributed by atoms with Crippen molar-refractivity contribution in [3.63, 3.8) is 0 Å². The average molecular weight is 385 g/mol. The van der Waals surface area contributed by atoms with Gasteiger partial charge in [0.2, 0.25) is 11.2 Å². The number of nitrogen functional groups attached to an aromatic ring is 1. The minimum Gasteiger partial charge on any atom is -0.389 e. The maximum atomic E-state index is 12.5. The van der Waals surface area contributed by atoms with Crippen LogP contribution in [0.15, 0.2) is 6.33 Å². The van der Waals surface area contributed by atoms with E-state index in [1.165, 1.54) is 6.33 Å². The summed E-state index contributed by atoms with van der Waals surface area (Å²) < 4.78 is 13.8. The number of anilines is 1. The Kier molecular flexibility index (Phi) is 4.01. The third kappa shape index (κ3) is 2.29. The van der Waals surface area contributed by atoms with Crippen molar-refractivity contribution in [3.05, 3.63) is 11.6 Å². The molecule has 0 saturated heterocycles. The zero-order valence-corrected chi connectivity index (χ0v) is 14.4. The smallest absolute Gasteiger partial charge is 0.229 e. The highest BCUT2D eigenvalue weighted by Crippen LogP contribution is 2.67. The summed E-state index contributed by atoms with van der Waals surface area (Å²) in [6, 6.07) is -0.604. The van der Waals surface area contributed by atoms with Gasteiger partial charge in [-0.1, -0.05) is 0 Å². The normalized spacial score (nSPS) is 32.6. The van der Waals surface area contributed by atoms with E-state index in [9.17, 15) is 19.4 Å². The van der Waals surface area contributed by atoms with Crippen LogP contribution in [-0.2, 0) is 4.79 Å². The summed E-state index contributed by atoms with van der Waals surface area (Å²) >= 11 is 5.87. The number of carbonyl (C=O) groups excluding carboxylic acids is 1. The van der Waals surface area contributed by atoms with E-state index in [2.05, 4.69) is 20.3 Å². The van der Waals surface area contributed by atoms with Crippen molar-refractivity contribution in [2.24, 2.45) is 11.3 Å². The minimum absolute atomic E-state index is 0.0594. The third-order valence-electron chi connectivity index (χ3n) is 5.43. The molecular weight excluding hydrogens is 367 g/mol. The molecule has 0 radical (unpaired) electrons. The number of aliphatic hydroxyl groups excluding tert-OH is 2. The molecule has 5 N–H and O–H groups in total. The van der Waals surface area contributed by atoms with E-state index in [-0.39, 0.29) is 35.9 Å². The molecule has 5 atom stereocenters. The number of halogens is 2. The van der Waals surface area contributed by atoms with Crippen LogP contribution in [0.4, 0.5) is 10.2 Å². The van der Waals surface area contributed by atoms with Gasteiger partial charge in [-0.15, -0.1) is 0 Å². The fraction of sp³-hybridized carbons (Fsp3) is 0.600. The molecule has 4 rings (SSSR count). The van der Waals surface area contributed by atoms with Gasteiger partial charge < -0.3 is 25.8 Å². The third-order valence-corrected chi connectivity index (χ3v) is 5.60. The second-order valence-electron chi connectivity index (χ2n) is 6.78. The molecule has 0 aromatic carbocycles. The molecule has 26 heavy (non-hydrogen) atoms. The molecular formula is C15H18ClFN6O3. The van der Waals surface area contributed by atoms with E-state index in [0.717, 1.165) is 0 Å². The molecule has 9 nitrogen and oxygen atoms in total. The molecule has 0 unspecified atom stereocenters. The van der Waals surface area contributed by atoms with Gasteiger partial charge in [0.1, 0.15) is 11.6 Å². The summed E-state index contributed by atoms with van der Waals surface area (Å²) in [5.41, 5.74) is 5.38. The van der Waals surface area contributed by atoms with Crippen LogP contribution in [0.25, 0.3) is 11.2 Å². The second-order valence-corrected chi connectivity index (χ2v) is 7.12. The largest absolute Gasteiger partial charge is 0.389 e. The number of nitrogens with one attached hydrogen (secondary N) is 1. The van der Waals surface area contributed by atoms with E-state index in [4.69, 9.17) is 17.3 Å². The summed E-state index contributed by atoms with van der Waals surface area (Å²) in [5.74, 6) is -0.565. The Morgan fingerprint density at radius 1 is 1.50 bits per heavy atom. The number of hydrogen-bond acceptors (Lipinski definition) is 7. The van der Waals surface area contributed by atoms with Crippen molar-refractivity contribution < 1.29 is 19.4 Å². The fourth-order valence-corrected chi connectivity index (χ4v) is 4.29. The van der Waals surface area contributed by atoms with Crippen LogP contribution >= 0.6 is 11.6 Å². The molecule has 2 saturated carbocycles. The Morgan fingerprint density at radius 3 is 3.00 bits per heavy atom. The Hall–Kier alpha value is -2.04. The molecule has 2 fully saturated rings. The van der Waals surface area contributed by atoms with Crippen molar-refractivity contribution >= 4 is 34.5 Å². The first-order valence-corrected chi connectivity index (χ1v) is 8.65. The van der Waals surface area contributed by atoms with Crippen molar-refractivity contribution in [1.29, 1.82) is 0 Å². The molecule has 2 aliphatic rings. The Labute approximate surface area is 152 Å². The maximum absolute atomic E-state index is 12.5. The first-order chi connectivity index (χ1) is 12.4. The predicted molar refractivity (Wildman–Crippen MR) is 89.9 cm³/mol. The molecule has 0 bridgehead atoms. The standard InChI is InChI=1S/C15H18ClFN6O3/c16-14-21-11(18)7-12(22-14)23(5-20-7)8-6-4-15(6,10(25)9(8)24)13(26)19-3-1-2-17/h5-6,8-10,24-25H,1-4H2,(H,19,26)(H2,18,21,22)/t6-,8-,9+,10+,15+/m1/s1. The van der Waals surface area contributed by atoms with Crippen molar-refractivity contribution in [1.82, 2.24) is 24.8 Å². The Morgan fingerprint density at radius 2 is 2.27 bits per heavy atom. The first kappa shape index (κ1) is 17.4. The van der Waals surface area contributed by atoms with Gasteiger partial charge in [0, 0.05) is 12.5 Å². The maximum Gasteiger partial charge on any atom is 0.229 e. The number of fused-ring (bicyclic) bond motifs is 2. The van der Waals surface area contributed by atoms with Crippen LogP contribution in [0.1, 0.15) is 18.9 Å². The molecule has 0 aliphatic heterocycles. The lowest BCUT2D eigenvalue weighted by Gasteiger charge is -2.23. The molecule has 140 valence electrons. The summed E-state index contributed by atoms with van der Waals surface area (Å²) in [4.78, 5) is 24.7. The van der Waals surface area contributed by atoms with Crippen LogP contribution in [0.3, 0.4) is 0 Å². The minimum atomic E-state index is -1.24. The summed E-state index contributed by atoms with van der Waals surface area (Å²) in [6.45, 7) is -0.349. The van der Waals surface area contributed by atoms with Crippen molar-refractivity contribution in [2.45, 2.75) is 31.1 Å². The second kappa shape index (κ2) is 6.00. The fourth-order valence-electron chi connectivity index (χ4n) is 4.12. The van der Waals surface area contributed by atoms with Crippen LogP contribution < -0.4 is 11.1 Å². The SMILES string of the molecule is Nc1nc(Cl)nc2c1ncn2[C@H]1[C@H](O)[C@H](O)[C@]2(C(=O)NCCCF)C[C@H]12. The monoisotopic (exact) mass is 384 g/mol. The zero-order valence-electron chi connectivity index (χ0n) is 13.6. The van der Waals surface area contributed by atoms with Gasteiger partial charge in [0.25, 0.3) is 0 Å². The lowest BCUT2D eigenvalue weighted by molar-refractivity contribution is -0.132. The Balaban J connectivity index is 1.67. The van der Waals surface area contributed by atoms with E-state index in [1.54, 1.807) is 4.57 Å². The molecule has 2 heterocycles. The first-order valence-electron chi connectivity index (χ1n) is 8.27. The number of amides is 1. The molecule has 2 aromatic rings. The van der Waals surface area contributed by atoms with E-state index in [0.29, 0.717) is 17.6 Å². The summed E-state index contributed by atoms with van der Waals surface area (Å²) in [7, 11) is 0. The Bertz CT molecular complexity index is 878. The number of imidazole rings is 1. The number of nitrogens with two attached hydrogens (primary N) is 1. The summed E-state index contributed by atoms with van der Waals surface area (Å²) in [6.07, 6.45) is -0.369. The lowest BCUT2D eigenvalue weighted by Crippen LogP contribution is -2.43. The quantitative estimate of drug-likeness (QED) is 0.414. The van der Waals surface area contributed by atoms with Crippen LogP contribution in [0.2, 0.25) is 5.28 Å². The summed E-state index contributed by atoms with van der Waals surface area (Å²) in [5, 5.41) is 23.7. The van der Waals surface area contributed by atoms with Crippen LogP contribution in [-0.4, -0.2) is 61.1 Å². The zero-order chi connectivity index (χ0) is 18.6. The van der Waals surface area contributed by atoms with Gasteiger partial charge in [-0.25, -0.2) is 4.98 Å². The molecule has 2 aromatic heterocycles. The highest BCUT2D eigenvalue weighted by Gasteiger charge is 2.75. The van der Waals surface area contributed by atoms with E-state index in [1.807, 2.05) is 0 Å².